The van der Waals surface area contributed by atoms with Crippen molar-refractivity contribution in [2.75, 3.05) is 19.6 Å². The summed E-state index contributed by atoms with van der Waals surface area (Å²) in [6.07, 6.45) is 4.20. The third-order valence-corrected chi connectivity index (χ3v) is 4.44. The molecule has 0 spiro atoms. The molecule has 1 N–H and O–H groups in total. The lowest BCUT2D eigenvalue weighted by Crippen LogP contribution is -2.45. The molecule has 0 unspecified atom stereocenters. The van der Waals surface area contributed by atoms with E-state index in [-0.39, 0.29) is 24.0 Å². The number of nitrogens with one attached hydrogen (secondary N) is 1. The molecule has 0 radical (unpaired) electrons. The normalized spacial score (nSPS) is 15.8. The second kappa shape index (κ2) is 9.74. The molecule has 1 aliphatic heterocycles. The fourth-order valence-electron chi connectivity index (χ4n) is 2.96. The van der Waals surface area contributed by atoms with Crippen LogP contribution in [0.2, 0.25) is 0 Å². The molecule has 1 aromatic carbocycles. The van der Waals surface area contributed by atoms with Crippen LogP contribution in [-0.4, -0.2) is 45.3 Å². The lowest BCUT2D eigenvalue weighted by molar-refractivity contribution is 0.273. The van der Waals surface area contributed by atoms with Gasteiger partial charge in [0.15, 0.2) is 11.8 Å². The molecular weight excluding hydrogens is 427 g/mol. The maximum Gasteiger partial charge on any atom is 0.194 e. The minimum absolute atomic E-state index is 0. The molecule has 6 nitrogen and oxygen atoms in total. The average molecular weight is 454 g/mol. The highest BCUT2D eigenvalue weighted by molar-refractivity contribution is 14.0. The SMILES string of the molecule is CCNC(=NCc1nncn1-c1ccccc1)N1CCC(C)CC1.I. The van der Waals surface area contributed by atoms with Crippen molar-refractivity contribution >= 4 is 29.9 Å². The van der Waals surface area contributed by atoms with E-state index in [1.165, 1.54) is 12.8 Å². The van der Waals surface area contributed by atoms with E-state index in [0.29, 0.717) is 6.54 Å². The van der Waals surface area contributed by atoms with E-state index in [1.807, 2.05) is 34.9 Å². The smallest absolute Gasteiger partial charge is 0.194 e. The van der Waals surface area contributed by atoms with Crippen LogP contribution in [0.3, 0.4) is 0 Å². The van der Waals surface area contributed by atoms with Gasteiger partial charge in [-0.3, -0.25) is 4.57 Å². The van der Waals surface area contributed by atoms with Crippen LogP contribution in [0, 0.1) is 5.92 Å². The van der Waals surface area contributed by atoms with Crippen molar-refractivity contribution in [1.82, 2.24) is 25.0 Å². The number of guanidine groups is 1. The first-order chi connectivity index (χ1) is 11.8. The Morgan fingerprint density at radius 2 is 1.96 bits per heavy atom. The Hall–Kier alpha value is -1.64. The zero-order valence-electron chi connectivity index (χ0n) is 14.9. The topological polar surface area (TPSA) is 58.3 Å². The van der Waals surface area contributed by atoms with Crippen molar-refractivity contribution < 1.29 is 0 Å². The van der Waals surface area contributed by atoms with Crippen LogP contribution in [0.25, 0.3) is 5.69 Å². The van der Waals surface area contributed by atoms with E-state index < -0.39 is 0 Å². The second-order valence-electron chi connectivity index (χ2n) is 6.29. The predicted molar refractivity (Wildman–Crippen MR) is 112 cm³/mol. The molecule has 7 heteroatoms. The summed E-state index contributed by atoms with van der Waals surface area (Å²) in [5.41, 5.74) is 1.06. The number of aliphatic imine (C=N–C) groups is 1. The molecule has 136 valence electrons. The van der Waals surface area contributed by atoms with Crippen LogP contribution in [0.5, 0.6) is 0 Å². The Bertz CT molecular complexity index is 661. The number of nitrogens with zero attached hydrogens (tertiary/aromatic N) is 5. The Labute approximate surface area is 166 Å². The van der Waals surface area contributed by atoms with Gasteiger partial charge in [-0.1, -0.05) is 25.1 Å². The Morgan fingerprint density at radius 1 is 1.24 bits per heavy atom. The van der Waals surface area contributed by atoms with Gasteiger partial charge >= 0.3 is 0 Å². The van der Waals surface area contributed by atoms with Gasteiger partial charge in [0.05, 0.1) is 0 Å². The summed E-state index contributed by atoms with van der Waals surface area (Å²) in [7, 11) is 0. The quantitative estimate of drug-likeness (QED) is 0.439. The third-order valence-electron chi connectivity index (χ3n) is 4.44. The molecule has 0 amide bonds. The van der Waals surface area contributed by atoms with Crippen LogP contribution in [0.15, 0.2) is 41.7 Å². The van der Waals surface area contributed by atoms with E-state index >= 15 is 0 Å². The number of hydrogen-bond acceptors (Lipinski definition) is 3. The standard InChI is InChI=1S/C18H26N6.HI/c1-3-19-18(23-11-9-15(2)10-12-23)20-13-17-22-21-14-24(17)16-7-5-4-6-8-16;/h4-8,14-15H,3,9-13H2,1-2H3,(H,19,20);1H. The molecule has 1 aliphatic rings. The van der Waals surface area contributed by atoms with E-state index in [1.54, 1.807) is 6.33 Å². The summed E-state index contributed by atoms with van der Waals surface area (Å²) in [5.74, 6) is 2.64. The van der Waals surface area contributed by atoms with Crippen molar-refractivity contribution in [3.05, 3.63) is 42.5 Å². The molecule has 1 saturated heterocycles. The molecule has 0 saturated carbocycles. The molecule has 2 aromatic rings. The molecular formula is C18H27IN6. The zero-order valence-corrected chi connectivity index (χ0v) is 17.3. The van der Waals surface area contributed by atoms with Gasteiger partial charge in [0.2, 0.25) is 0 Å². The average Bonchev–Trinajstić information content (AvgIpc) is 3.09. The molecule has 1 aromatic heterocycles. The lowest BCUT2D eigenvalue weighted by Gasteiger charge is -2.32. The van der Waals surface area contributed by atoms with Gasteiger partial charge in [0, 0.05) is 25.3 Å². The first-order valence-corrected chi connectivity index (χ1v) is 8.75. The van der Waals surface area contributed by atoms with Crippen LogP contribution >= 0.6 is 24.0 Å². The van der Waals surface area contributed by atoms with Crippen molar-refractivity contribution in [2.24, 2.45) is 10.9 Å². The Morgan fingerprint density at radius 3 is 2.64 bits per heavy atom. The maximum atomic E-state index is 4.80. The van der Waals surface area contributed by atoms with Crippen molar-refractivity contribution in [3.63, 3.8) is 0 Å². The van der Waals surface area contributed by atoms with Gasteiger partial charge in [0.25, 0.3) is 0 Å². The van der Waals surface area contributed by atoms with Crippen molar-refractivity contribution in [2.45, 2.75) is 33.2 Å². The zero-order chi connectivity index (χ0) is 16.8. The van der Waals surface area contributed by atoms with Crippen LogP contribution in [0.1, 0.15) is 32.5 Å². The maximum absolute atomic E-state index is 4.80. The molecule has 0 bridgehead atoms. The van der Waals surface area contributed by atoms with E-state index in [2.05, 4.69) is 34.3 Å². The summed E-state index contributed by atoms with van der Waals surface area (Å²) < 4.78 is 1.99. The van der Waals surface area contributed by atoms with Crippen molar-refractivity contribution in [3.8, 4) is 5.69 Å². The highest BCUT2D eigenvalue weighted by Gasteiger charge is 2.18. The van der Waals surface area contributed by atoms with Gasteiger partial charge in [-0.25, -0.2) is 4.99 Å². The van der Waals surface area contributed by atoms with Crippen molar-refractivity contribution in [1.29, 1.82) is 0 Å². The first kappa shape index (κ1) is 19.7. The van der Waals surface area contributed by atoms with Gasteiger partial charge < -0.3 is 10.2 Å². The number of hydrogen-bond donors (Lipinski definition) is 1. The molecule has 0 atom stereocenters. The monoisotopic (exact) mass is 454 g/mol. The summed E-state index contributed by atoms with van der Waals surface area (Å²) in [4.78, 5) is 7.15. The summed E-state index contributed by atoms with van der Waals surface area (Å²) in [5, 5.41) is 11.7. The summed E-state index contributed by atoms with van der Waals surface area (Å²) in [6.45, 7) is 7.95. The van der Waals surface area contributed by atoms with Gasteiger partial charge in [0.1, 0.15) is 12.9 Å². The summed E-state index contributed by atoms with van der Waals surface area (Å²) in [6, 6.07) is 10.1. The van der Waals surface area contributed by atoms with E-state index in [9.17, 15) is 0 Å². The predicted octanol–water partition coefficient (Wildman–Crippen LogP) is 3.08. The van der Waals surface area contributed by atoms with Gasteiger partial charge in [-0.15, -0.1) is 34.2 Å². The number of piperidine rings is 1. The largest absolute Gasteiger partial charge is 0.357 e. The molecule has 3 rings (SSSR count). The van der Waals surface area contributed by atoms with Gasteiger partial charge in [-0.05, 0) is 37.8 Å². The van der Waals surface area contributed by atoms with Crippen LogP contribution in [0.4, 0.5) is 0 Å². The van der Waals surface area contributed by atoms with E-state index in [0.717, 1.165) is 43.0 Å². The molecule has 25 heavy (non-hydrogen) atoms. The first-order valence-electron chi connectivity index (χ1n) is 8.75. The minimum Gasteiger partial charge on any atom is -0.357 e. The minimum atomic E-state index is 0. The van der Waals surface area contributed by atoms with E-state index in [4.69, 9.17) is 4.99 Å². The summed E-state index contributed by atoms with van der Waals surface area (Å²) >= 11 is 0. The van der Waals surface area contributed by atoms with Gasteiger partial charge in [-0.2, -0.15) is 0 Å². The van der Waals surface area contributed by atoms with Crippen LogP contribution < -0.4 is 5.32 Å². The fourth-order valence-corrected chi connectivity index (χ4v) is 2.96. The molecule has 1 fully saturated rings. The number of aromatic nitrogens is 3. The fraction of sp³-hybridized carbons (Fsp3) is 0.500. The lowest BCUT2D eigenvalue weighted by atomic mass is 10.00. The second-order valence-corrected chi connectivity index (χ2v) is 6.29. The molecule has 0 aliphatic carbocycles. The number of rotatable bonds is 4. The third kappa shape index (κ3) is 5.17. The molecule has 2 heterocycles. The number of likely N-dealkylation sites (tertiary alicyclic amines) is 1. The highest BCUT2D eigenvalue weighted by atomic mass is 127. The highest BCUT2D eigenvalue weighted by Crippen LogP contribution is 2.16. The number of benzene rings is 1. The Balaban J connectivity index is 0.00000225. The number of para-hydroxylation sites is 1. The Kier molecular flexibility index (Phi) is 7.67. The van der Waals surface area contributed by atoms with Crippen LogP contribution in [-0.2, 0) is 6.54 Å². The number of halogens is 1.